The molecule has 0 atom stereocenters. The molecule has 0 bridgehead atoms. The molecule has 8 heteroatoms. The summed E-state index contributed by atoms with van der Waals surface area (Å²) >= 11 is 0. The van der Waals surface area contributed by atoms with E-state index in [4.69, 9.17) is 5.11 Å². The van der Waals surface area contributed by atoms with Crippen molar-refractivity contribution < 1.29 is 14.7 Å². The van der Waals surface area contributed by atoms with Crippen molar-refractivity contribution in [3.63, 3.8) is 0 Å². The van der Waals surface area contributed by atoms with Gasteiger partial charge in [-0.2, -0.15) is 0 Å². The summed E-state index contributed by atoms with van der Waals surface area (Å²) in [5.74, 6) is -0.955. The fourth-order valence-electron chi connectivity index (χ4n) is 1.40. The second-order valence-electron chi connectivity index (χ2n) is 3.75. The smallest absolute Gasteiger partial charge is 0.358 e. The van der Waals surface area contributed by atoms with Crippen LogP contribution in [-0.4, -0.2) is 44.0 Å². The minimum atomic E-state index is -1.18. The number of pyridine rings is 1. The van der Waals surface area contributed by atoms with Crippen LogP contribution in [0.25, 0.3) is 0 Å². The van der Waals surface area contributed by atoms with Crippen LogP contribution in [0.3, 0.4) is 0 Å². The Morgan fingerprint density at radius 1 is 1.42 bits per heavy atom. The van der Waals surface area contributed by atoms with Gasteiger partial charge in [0.1, 0.15) is 12.4 Å². The molecule has 2 heterocycles. The van der Waals surface area contributed by atoms with Crippen molar-refractivity contribution in [2.24, 2.45) is 0 Å². The van der Waals surface area contributed by atoms with Gasteiger partial charge in [0, 0.05) is 13.2 Å². The third kappa shape index (κ3) is 2.92. The number of amides is 1. The van der Waals surface area contributed by atoms with E-state index in [1.807, 2.05) is 0 Å². The number of rotatable bonds is 4. The molecular weight excluding hydrogens is 250 g/mol. The fourth-order valence-corrected chi connectivity index (χ4v) is 1.40. The number of aromatic nitrogens is 4. The molecule has 0 aliphatic carbocycles. The molecule has 0 saturated carbocycles. The molecule has 0 radical (unpaired) electrons. The zero-order chi connectivity index (χ0) is 13.8. The van der Waals surface area contributed by atoms with Crippen LogP contribution in [0.2, 0.25) is 0 Å². The Hall–Kier alpha value is -2.77. The van der Waals surface area contributed by atoms with Gasteiger partial charge in [0.25, 0.3) is 0 Å². The minimum absolute atomic E-state index is 0.104. The number of hydrogen-bond acceptors (Lipinski definition) is 5. The van der Waals surface area contributed by atoms with Gasteiger partial charge in [0.15, 0.2) is 5.69 Å². The lowest BCUT2D eigenvalue weighted by Crippen LogP contribution is -2.30. The summed E-state index contributed by atoms with van der Waals surface area (Å²) in [6.07, 6.45) is 2.78. The van der Waals surface area contributed by atoms with E-state index in [1.165, 1.54) is 15.8 Å². The Balaban J connectivity index is 2.06. The highest BCUT2D eigenvalue weighted by Crippen LogP contribution is 2.07. The standard InChI is InChI=1S/C11H11N5O3/c1-15(9-4-2-3-5-12-9)10(17)7-16-6-8(11(18)19)13-14-16/h2-6H,7H2,1H3,(H,18,19). The molecule has 1 N–H and O–H groups in total. The van der Waals surface area contributed by atoms with Gasteiger partial charge in [-0.3, -0.25) is 9.69 Å². The van der Waals surface area contributed by atoms with Crippen LogP contribution in [0.4, 0.5) is 5.82 Å². The number of carboxylic acids is 1. The van der Waals surface area contributed by atoms with Gasteiger partial charge in [-0.05, 0) is 12.1 Å². The van der Waals surface area contributed by atoms with Crippen LogP contribution < -0.4 is 4.90 Å². The van der Waals surface area contributed by atoms with E-state index in [2.05, 4.69) is 15.3 Å². The van der Waals surface area contributed by atoms with Crippen LogP contribution in [0.15, 0.2) is 30.6 Å². The molecule has 0 aromatic carbocycles. The maximum atomic E-state index is 11.9. The Bertz CT molecular complexity index is 595. The third-order valence-corrected chi connectivity index (χ3v) is 2.42. The van der Waals surface area contributed by atoms with Crippen LogP contribution in [0.5, 0.6) is 0 Å². The van der Waals surface area contributed by atoms with Gasteiger partial charge in [0.2, 0.25) is 5.91 Å². The van der Waals surface area contributed by atoms with E-state index in [-0.39, 0.29) is 18.1 Å². The van der Waals surface area contributed by atoms with Gasteiger partial charge in [0.05, 0.1) is 6.20 Å². The summed E-state index contributed by atoms with van der Waals surface area (Å²) in [4.78, 5) is 28.0. The van der Waals surface area contributed by atoms with Crippen molar-refractivity contribution in [3.05, 3.63) is 36.3 Å². The zero-order valence-electron chi connectivity index (χ0n) is 10.1. The molecule has 0 spiro atoms. The number of hydrogen-bond donors (Lipinski definition) is 1. The number of carboxylic acid groups (broad SMARTS) is 1. The molecule has 2 rings (SSSR count). The lowest BCUT2D eigenvalue weighted by molar-refractivity contribution is -0.119. The maximum Gasteiger partial charge on any atom is 0.358 e. The first-order chi connectivity index (χ1) is 9.08. The molecule has 0 unspecified atom stereocenters. The molecule has 0 saturated heterocycles. The summed E-state index contributed by atoms with van der Waals surface area (Å²) in [6, 6.07) is 5.21. The van der Waals surface area contributed by atoms with E-state index in [1.54, 1.807) is 31.4 Å². The van der Waals surface area contributed by atoms with Gasteiger partial charge < -0.3 is 5.11 Å². The normalized spacial score (nSPS) is 10.2. The first-order valence-electron chi connectivity index (χ1n) is 5.39. The number of carbonyl (C=O) groups excluding carboxylic acids is 1. The molecule has 19 heavy (non-hydrogen) atoms. The summed E-state index contributed by atoms with van der Waals surface area (Å²) in [5.41, 5.74) is -0.201. The maximum absolute atomic E-state index is 11.9. The molecule has 2 aromatic rings. The predicted molar refractivity (Wildman–Crippen MR) is 64.6 cm³/mol. The number of anilines is 1. The minimum Gasteiger partial charge on any atom is -0.476 e. The Morgan fingerprint density at radius 3 is 2.79 bits per heavy atom. The first-order valence-corrected chi connectivity index (χ1v) is 5.39. The molecule has 0 aliphatic rings. The molecule has 1 amide bonds. The highest BCUT2D eigenvalue weighted by molar-refractivity contribution is 5.91. The summed E-state index contributed by atoms with van der Waals surface area (Å²) in [5, 5.41) is 15.7. The predicted octanol–water partition coefficient (Wildman–Crippen LogP) is 0.0343. The number of carbonyl (C=O) groups is 2. The lowest BCUT2D eigenvalue weighted by atomic mass is 10.4. The van der Waals surface area contributed by atoms with Crippen molar-refractivity contribution in [1.29, 1.82) is 0 Å². The van der Waals surface area contributed by atoms with E-state index in [0.717, 1.165) is 0 Å². The third-order valence-electron chi connectivity index (χ3n) is 2.42. The molecule has 0 fully saturated rings. The monoisotopic (exact) mass is 261 g/mol. The average molecular weight is 261 g/mol. The second kappa shape index (κ2) is 5.25. The fraction of sp³-hybridized carbons (Fsp3) is 0.182. The quantitative estimate of drug-likeness (QED) is 0.833. The molecule has 98 valence electrons. The Labute approximate surface area is 108 Å². The average Bonchev–Trinajstić information content (AvgIpc) is 2.87. The van der Waals surface area contributed by atoms with Crippen molar-refractivity contribution in [2.75, 3.05) is 11.9 Å². The van der Waals surface area contributed by atoms with E-state index in [0.29, 0.717) is 5.82 Å². The number of nitrogens with zero attached hydrogens (tertiary/aromatic N) is 5. The van der Waals surface area contributed by atoms with Crippen LogP contribution in [-0.2, 0) is 11.3 Å². The van der Waals surface area contributed by atoms with Crippen molar-refractivity contribution in [3.8, 4) is 0 Å². The topological polar surface area (TPSA) is 101 Å². The SMILES string of the molecule is CN(C(=O)Cn1cc(C(=O)O)nn1)c1ccccn1. The molecule has 2 aromatic heterocycles. The number of likely N-dealkylation sites (N-methyl/N-ethyl adjacent to an activating group) is 1. The Kier molecular flexibility index (Phi) is 3.51. The van der Waals surface area contributed by atoms with Crippen molar-refractivity contribution >= 4 is 17.7 Å². The summed E-state index contributed by atoms with van der Waals surface area (Å²) in [7, 11) is 1.58. The van der Waals surface area contributed by atoms with Crippen LogP contribution >= 0.6 is 0 Å². The Morgan fingerprint density at radius 2 is 2.21 bits per heavy atom. The summed E-state index contributed by atoms with van der Waals surface area (Å²) < 4.78 is 1.17. The van der Waals surface area contributed by atoms with E-state index < -0.39 is 5.97 Å². The second-order valence-corrected chi connectivity index (χ2v) is 3.75. The van der Waals surface area contributed by atoms with E-state index >= 15 is 0 Å². The highest BCUT2D eigenvalue weighted by Gasteiger charge is 2.15. The van der Waals surface area contributed by atoms with Crippen LogP contribution in [0.1, 0.15) is 10.5 Å². The van der Waals surface area contributed by atoms with Gasteiger partial charge in [-0.15, -0.1) is 5.10 Å². The lowest BCUT2D eigenvalue weighted by Gasteiger charge is -2.15. The van der Waals surface area contributed by atoms with Crippen LogP contribution in [0, 0.1) is 0 Å². The highest BCUT2D eigenvalue weighted by atomic mass is 16.4. The largest absolute Gasteiger partial charge is 0.476 e. The van der Waals surface area contributed by atoms with Gasteiger partial charge in [-0.25, -0.2) is 14.5 Å². The number of aromatic carboxylic acids is 1. The van der Waals surface area contributed by atoms with Crippen molar-refractivity contribution in [1.82, 2.24) is 20.0 Å². The molecule has 8 nitrogen and oxygen atoms in total. The molecule has 0 aliphatic heterocycles. The van der Waals surface area contributed by atoms with E-state index in [9.17, 15) is 9.59 Å². The zero-order valence-corrected chi connectivity index (χ0v) is 10.1. The summed E-state index contributed by atoms with van der Waals surface area (Å²) in [6.45, 7) is -0.104. The van der Waals surface area contributed by atoms with Gasteiger partial charge >= 0.3 is 5.97 Å². The van der Waals surface area contributed by atoms with Crippen molar-refractivity contribution in [2.45, 2.75) is 6.54 Å². The molecular formula is C11H11N5O3. The first kappa shape index (κ1) is 12.7. The van der Waals surface area contributed by atoms with Gasteiger partial charge in [-0.1, -0.05) is 11.3 Å².